The van der Waals surface area contributed by atoms with Gasteiger partial charge in [0, 0.05) is 20.1 Å². The van der Waals surface area contributed by atoms with Gasteiger partial charge < -0.3 is 9.80 Å². The maximum Gasteiger partial charge on any atom is 0.327 e. The van der Waals surface area contributed by atoms with Crippen molar-refractivity contribution in [3.8, 4) is 0 Å². The molecule has 4 amide bonds. The number of piperidine rings is 1. The van der Waals surface area contributed by atoms with Crippen molar-refractivity contribution in [1.29, 1.82) is 0 Å². The zero-order chi connectivity index (χ0) is 12.4. The van der Waals surface area contributed by atoms with Crippen LogP contribution in [0.1, 0.15) is 19.3 Å². The van der Waals surface area contributed by atoms with E-state index in [0.29, 0.717) is 0 Å². The van der Waals surface area contributed by atoms with Gasteiger partial charge in [-0.2, -0.15) is 0 Å². The molecule has 0 aliphatic carbocycles. The molecule has 6 nitrogen and oxygen atoms in total. The lowest BCUT2D eigenvalue weighted by atomic mass is 10.1. The second kappa shape index (κ2) is 4.73. The SMILES string of the molecule is CN1CC(=O)N(CC(=O)N2CCCCC2)C1=O. The number of nitrogens with zero attached hydrogens (tertiary/aromatic N) is 3. The average molecular weight is 239 g/mol. The van der Waals surface area contributed by atoms with E-state index in [-0.39, 0.29) is 30.9 Å². The van der Waals surface area contributed by atoms with E-state index in [1.54, 1.807) is 11.9 Å². The van der Waals surface area contributed by atoms with Gasteiger partial charge in [-0.05, 0) is 19.3 Å². The zero-order valence-corrected chi connectivity index (χ0v) is 10.0. The van der Waals surface area contributed by atoms with Crippen molar-refractivity contribution in [2.24, 2.45) is 0 Å². The molecule has 94 valence electrons. The first kappa shape index (κ1) is 11.9. The van der Waals surface area contributed by atoms with Gasteiger partial charge in [0.15, 0.2) is 0 Å². The molecule has 0 aromatic rings. The fourth-order valence-electron chi connectivity index (χ4n) is 2.20. The Bertz CT molecular complexity index is 350. The molecule has 0 bridgehead atoms. The molecule has 0 atom stereocenters. The van der Waals surface area contributed by atoms with Crippen LogP contribution in [0, 0.1) is 0 Å². The lowest BCUT2D eigenvalue weighted by molar-refractivity contribution is -0.137. The summed E-state index contributed by atoms with van der Waals surface area (Å²) in [6.45, 7) is 1.45. The number of likely N-dealkylation sites (N-methyl/N-ethyl adjacent to an activating group) is 1. The Morgan fingerprint density at radius 3 is 2.35 bits per heavy atom. The Hall–Kier alpha value is -1.59. The molecule has 6 heteroatoms. The Morgan fingerprint density at radius 1 is 1.18 bits per heavy atom. The zero-order valence-electron chi connectivity index (χ0n) is 10.0. The Kier molecular flexibility index (Phi) is 3.31. The third kappa shape index (κ3) is 2.40. The average Bonchev–Trinajstić information content (AvgIpc) is 2.57. The Balaban J connectivity index is 1.94. The molecule has 2 rings (SSSR count). The van der Waals surface area contributed by atoms with E-state index in [9.17, 15) is 14.4 Å². The van der Waals surface area contributed by atoms with Crippen molar-refractivity contribution >= 4 is 17.8 Å². The van der Waals surface area contributed by atoms with Crippen molar-refractivity contribution < 1.29 is 14.4 Å². The summed E-state index contributed by atoms with van der Waals surface area (Å²) in [5.74, 6) is -0.412. The van der Waals surface area contributed by atoms with Gasteiger partial charge in [0.2, 0.25) is 5.91 Å². The highest BCUT2D eigenvalue weighted by molar-refractivity contribution is 6.04. The lowest BCUT2D eigenvalue weighted by Gasteiger charge is -2.28. The number of imide groups is 1. The first-order valence-corrected chi connectivity index (χ1v) is 5.93. The summed E-state index contributed by atoms with van der Waals surface area (Å²) in [6.07, 6.45) is 3.16. The van der Waals surface area contributed by atoms with Crippen molar-refractivity contribution in [1.82, 2.24) is 14.7 Å². The quantitative estimate of drug-likeness (QED) is 0.632. The maximum absolute atomic E-state index is 11.9. The van der Waals surface area contributed by atoms with Gasteiger partial charge in [0.05, 0.1) is 0 Å². The maximum atomic E-state index is 11.9. The summed E-state index contributed by atoms with van der Waals surface area (Å²) < 4.78 is 0. The summed E-state index contributed by atoms with van der Waals surface area (Å²) in [7, 11) is 1.56. The number of urea groups is 1. The molecule has 2 heterocycles. The topological polar surface area (TPSA) is 60.9 Å². The van der Waals surface area contributed by atoms with Gasteiger partial charge in [-0.3, -0.25) is 14.5 Å². The molecule has 2 fully saturated rings. The second-order valence-corrected chi connectivity index (χ2v) is 4.56. The fourth-order valence-corrected chi connectivity index (χ4v) is 2.20. The van der Waals surface area contributed by atoms with E-state index in [1.807, 2.05) is 0 Å². The predicted octanol–water partition coefficient (Wildman–Crippen LogP) is -0.107. The summed E-state index contributed by atoms with van der Waals surface area (Å²) >= 11 is 0. The number of carbonyl (C=O) groups excluding carboxylic acids is 3. The molecular weight excluding hydrogens is 222 g/mol. The van der Waals surface area contributed by atoms with Crippen molar-refractivity contribution in [3.63, 3.8) is 0 Å². The van der Waals surface area contributed by atoms with Crippen molar-refractivity contribution in [2.45, 2.75) is 19.3 Å². The third-order valence-corrected chi connectivity index (χ3v) is 3.23. The van der Waals surface area contributed by atoms with Crippen LogP contribution in [0.4, 0.5) is 4.79 Å². The van der Waals surface area contributed by atoms with E-state index in [2.05, 4.69) is 0 Å². The van der Waals surface area contributed by atoms with Crippen LogP contribution in [0.3, 0.4) is 0 Å². The van der Waals surface area contributed by atoms with Crippen molar-refractivity contribution in [2.75, 3.05) is 33.2 Å². The van der Waals surface area contributed by atoms with E-state index in [1.165, 1.54) is 4.90 Å². The predicted molar refractivity (Wildman–Crippen MR) is 60.2 cm³/mol. The molecule has 0 spiro atoms. The molecular formula is C11H17N3O3. The molecule has 2 aliphatic rings. The number of hydrogen-bond donors (Lipinski definition) is 0. The van der Waals surface area contributed by atoms with Crippen LogP contribution in [0.2, 0.25) is 0 Å². The van der Waals surface area contributed by atoms with Crippen LogP contribution >= 0.6 is 0 Å². The van der Waals surface area contributed by atoms with Gasteiger partial charge in [0.25, 0.3) is 5.91 Å². The Morgan fingerprint density at radius 2 is 1.82 bits per heavy atom. The fraction of sp³-hybridized carbons (Fsp3) is 0.727. The first-order valence-electron chi connectivity index (χ1n) is 5.93. The van der Waals surface area contributed by atoms with Gasteiger partial charge in [0.1, 0.15) is 13.1 Å². The van der Waals surface area contributed by atoms with Crippen LogP contribution in [0.15, 0.2) is 0 Å². The highest BCUT2D eigenvalue weighted by Gasteiger charge is 2.35. The van der Waals surface area contributed by atoms with E-state index < -0.39 is 0 Å². The molecule has 2 saturated heterocycles. The highest BCUT2D eigenvalue weighted by Crippen LogP contribution is 2.12. The van der Waals surface area contributed by atoms with E-state index >= 15 is 0 Å². The third-order valence-electron chi connectivity index (χ3n) is 3.23. The molecule has 0 unspecified atom stereocenters. The lowest BCUT2D eigenvalue weighted by Crippen LogP contribution is -2.44. The minimum Gasteiger partial charge on any atom is -0.341 e. The van der Waals surface area contributed by atoms with Crippen LogP contribution < -0.4 is 0 Å². The number of hydrogen-bond acceptors (Lipinski definition) is 3. The summed E-state index contributed by atoms with van der Waals surface area (Å²) in [5, 5.41) is 0. The number of likely N-dealkylation sites (tertiary alicyclic amines) is 1. The van der Waals surface area contributed by atoms with Crippen LogP contribution in [0.5, 0.6) is 0 Å². The van der Waals surface area contributed by atoms with Crippen LogP contribution in [0.25, 0.3) is 0 Å². The second-order valence-electron chi connectivity index (χ2n) is 4.56. The summed E-state index contributed by atoms with van der Waals surface area (Å²) in [4.78, 5) is 39.1. The summed E-state index contributed by atoms with van der Waals surface area (Å²) in [5.41, 5.74) is 0. The van der Waals surface area contributed by atoms with Crippen LogP contribution in [-0.4, -0.2) is 65.8 Å². The van der Waals surface area contributed by atoms with Gasteiger partial charge in [-0.25, -0.2) is 4.79 Å². The molecule has 0 radical (unpaired) electrons. The molecule has 2 aliphatic heterocycles. The first-order chi connectivity index (χ1) is 8.09. The van der Waals surface area contributed by atoms with E-state index in [0.717, 1.165) is 37.3 Å². The van der Waals surface area contributed by atoms with Gasteiger partial charge in [-0.15, -0.1) is 0 Å². The summed E-state index contributed by atoms with van der Waals surface area (Å²) in [6, 6.07) is -0.375. The van der Waals surface area contributed by atoms with Crippen molar-refractivity contribution in [3.05, 3.63) is 0 Å². The molecule has 0 aromatic carbocycles. The normalized spacial score (nSPS) is 21.4. The molecule has 0 aromatic heterocycles. The standard InChI is InChI=1S/C11H17N3O3/c1-12-7-10(16)14(11(12)17)8-9(15)13-5-3-2-4-6-13/h2-8H2,1H3. The smallest absolute Gasteiger partial charge is 0.327 e. The molecule has 0 N–H and O–H groups in total. The minimum atomic E-state index is -0.375. The van der Waals surface area contributed by atoms with Gasteiger partial charge >= 0.3 is 6.03 Å². The van der Waals surface area contributed by atoms with E-state index in [4.69, 9.17) is 0 Å². The number of carbonyl (C=O) groups is 3. The van der Waals surface area contributed by atoms with Gasteiger partial charge in [-0.1, -0.05) is 0 Å². The number of rotatable bonds is 2. The minimum absolute atomic E-state index is 0.0755. The number of amides is 4. The Labute approximate surface area is 100 Å². The molecule has 17 heavy (non-hydrogen) atoms. The molecule has 0 saturated carbocycles. The monoisotopic (exact) mass is 239 g/mol. The highest BCUT2D eigenvalue weighted by atomic mass is 16.2. The largest absolute Gasteiger partial charge is 0.341 e. The van der Waals surface area contributed by atoms with Crippen LogP contribution in [-0.2, 0) is 9.59 Å².